The van der Waals surface area contributed by atoms with Crippen LogP contribution in [0.4, 0.5) is 0 Å². The number of carboxylic acid groups (broad SMARTS) is 2. The van der Waals surface area contributed by atoms with Crippen LogP contribution in [0.3, 0.4) is 0 Å². The SMILES string of the molecule is CC(N)C(=O)O.CCC(C)(C)CC(=O)O.Cl. The highest BCUT2D eigenvalue weighted by Gasteiger charge is 2.18. The second-order valence-electron chi connectivity index (χ2n) is 4.22. The van der Waals surface area contributed by atoms with Gasteiger partial charge in [-0.25, -0.2) is 0 Å². The van der Waals surface area contributed by atoms with Gasteiger partial charge in [-0.2, -0.15) is 0 Å². The van der Waals surface area contributed by atoms with Gasteiger partial charge in [0.15, 0.2) is 0 Å². The van der Waals surface area contributed by atoms with Crippen LogP contribution >= 0.6 is 12.4 Å². The van der Waals surface area contributed by atoms with Crippen LogP contribution in [0.5, 0.6) is 0 Å². The number of rotatable bonds is 4. The molecule has 98 valence electrons. The molecule has 0 saturated carbocycles. The molecule has 5 nitrogen and oxygen atoms in total. The van der Waals surface area contributed by atoms with Crippen LogP contribution < -0.4 is 5.73 Å². The Labute approximate surface area is 102 Å². The number of nitrogens with two attached hydrogens (primary N) is 1. The summed E-state index contributed by atoms with van der Waals surface area (Å²) in [5, 5.41) is 16.2. The van der Waals surface area contributed by atoms with E-state index in [0.29, 0.717) is 0 Å². The third-order valence-electron chi connectivity index (χ3n) is 1.98. The van der Waals surface area contributed by atoms with Crippen molar-refractivity contribution in [2.75, 3.05) is 0 Å². The van der Waals surface area contributed by atoms with Crippen molar-refractivity contribution in [1.82, 2.24) is 0 Å². The largest absolute Gasteiger partial charge is 0.481 e. The molecule has 0 fully saturated rings. The third kappa shape index (κ3) is 15.7. The van der Waals surface area contributed by atoms with E-state index >= 15 is 0 Å². The normalized spacial score (nSPS) is 11.6. The Morgan fingerprint density at radius 3 is 1.69 bits per heavy atom. The van der Waals surface area contributed by atoms with Crippen molar-refractivity contribution in [2.45, 2.75) is 46.6 Å². The standard InChI is InChI=1S/C7H14O2.C3H7NO2.ClH/c1-4-7(2,3)5-6(8)9;1-2(4)3(5)6;/h4-5H2,1-3H3,(H,8,9);2H,4H2,1H3,(H,5,6);1H. The second-order valence-corrected chi connectivity index (χ2v) is 4.22. The molecule has 16 heavy (non-hydrogen) atoms. The fraction of sp³-hybridized carbons (Fsp3) is 0.800. The molecule has 0 aromatic carbocycles. The van der Waals surface area contributed by atoms with Gasteiger partial charge in [0.2, 0.25) is 0 Å². The minimum absolute atomic E-state index is 0. The zero-order chi connectivity index (χ0) is 12.6. The minimum Gasteiger partial charge on any atom is -0.481 e. The van der Waals surface area contributed by atoms with E-state index in [1.165, 1.54) is 6.92 Å². The Bertz CT molecular complexity index is 217. The number of carbonyl (C=O) groups is 2. The average Bonchev–Trinajstić information content (AvgIpc) is 2.03. The van der Waals surface area contributed by atoms with E-state index in [4.69, 9.17) is 15.9 Å². The van der Waals surface area contributed by atoms with Gasteiger partial charge in [-0.15, -0.1) is 12.4 Å². The Morgan fingerprint density at radius 2 is 1.62 bits per heavy atom. The fourth-order valence-corrected chi connectivity index (χ4v) is 0.534. The molecule has 0 aliphatic heterocycles. The summed E-state index contributed by atoms with van der Waals surface area (Å²) in [5.74, 6) is -1.67. The molecular weight excluding hydrogens is 234 g/mol. The number of hydrogen-bond acceptors (Lipinski definition) is 3. The smallest absolute Gasteiger partial charge is 0.320 e. The molecule has 0 radical (unpaired) electrons. The van der Waals surface area contributed by atoms with Gasteiger partial charge in [0, 0.05) is 0 Å². The van der Waals surface area contributed by atoms with Crippen LogP contribution in [0.2, 0.25) is 0 Å². The Kier molecular flexibility index (Phi) is 12.1. The quantitative estimate of drug-likeness (QED) is 0.710. The molecule has 6 heteroatoms. The molecule has 0 saturated heterocycles. The van der Waals surface area contributed by atoms with Gasteiger partial charge in [-0.3, -0.25) is 9.59 Å². The maximum atomic E-state index is 10.2. The van der Waals surface area contributed by atoms with E-state index in [9.17, 15) is 9.59 Å². The number of hydrogen-bond donors (Lipinski definition) is 3. The maximum Gasteiger partial charge on any atom is 0.320 e. The highest BCUT2D eigenvalue weighted by atomic mass is 35.5. The van der Waals surface area contributed by atoms with Crippen LogP contribution in [0.15, 0.2) is 0 Å². The van der Waals surface area contributed by atoms with Crippen LogP contribution in [-0.2, 0) is 9.59 Å². The lowest BCUT2D eigenvalue weighted by Crippen LogP contribution is -2.25. The van der Waals surface area contributed by atoms with E-state index in [0.717, 1.165) is 6.42 Å². The van der Waals surface area contributed by atoms with Gasteiger partial charge < -0.3 is 15.9 Å². The van der Waals surface area contributed by atoms with Gasteiger partial charge in [-0.05, 0) is 12.3 Å². The molecule has 0 aliphatic carbocycles. The summed E-state index contributed by atoms with van der Waals surface area (Å²) in [5.41, 5.74) is 4.80. The topological polar surface area (TPSA) is 101 Å². The van der Waals surface area contributed by atoms with Crippen LogP contribution in [0.25, 0.3) is 0 Å². The fourth-order valence-electron chi connectivity index (χ4n) is 0.534. The summed E-state index contributed by atoms with van der Waals surface area (Å²) in [7, 11) is 0. The highest BCUT2D eigenvalue weighted by Crippen LogP contribution is 2.23. The monoisotopic (exact) mass is 255 g/mol. The van der Waals surface area contributed by atoms with Crippen LogP contribution in [0, 0.1) is 5.41 Å². The van der Waals surface area contributed by atoms with E-state index in [1.54, 1.807) is 0 Å². The van der Waals surface area contributed by atoms with Crippen molar-refractivity contribution < 1.29 is 19.8 Å². The van der Waals surface area contributed by atoms with Crippen molar-refractivity contribution in [3.8, 4) is 0 Å². The molecule has 0 aliphatic rings. The lowest BCUT2D eigenvalue weighted by Gasteiger charge is -2.18. The Morgan fingerprint density at radius 1 is 1.31 bits per heavy atom. The predicted octanol–water partition coefficient (Wildman–Crippen LogP) is 1.74. The predicted molar refractivity (Wildman–Crippen MR) is 64.9 cm³/mol. The molecule has 1 unspecified atom stereocenters. The molecule has 0 aromatic heterocycles. The van der Waals surface area contributed by atoms with E-state index in [2.05, 4.69) is 0 Å². The molecule has 1 atom stereocenters. The maximum absolute atomic E-state index is 10.2. The lowest BCUT2D eigenvalue weighted by molar-refractivity contribution is -0.139. The minimum atomic E-state index is -0.963. The molecule has 0 amide bonds. The second kappa shape index (κ2) is 9.42. The molecule has 4 N–H and O–H groups in total. The summed E-state index contributed by atoms with van der Waals surface area (Å²) < 4.78 is 0. The summed E-state index contributed by atoms with van der Waals surface area (Å²) in [4.78, 5) is 19.7. The first-order chi connectivity index (χ1) is 6.62. The zero-order valence-corrected chi connectivity index (χ0v) is 11.0. The number of carboxylic acids is 2. The third-order valence-corrected chi connectivity index (χ3v) is 1.98. The van der Waals surface area contributed by atoms with Crippen molar-refractivity contribution in [2.24, 2.45) is 11.1 Å². The zero-order valence-electron chi connectivity index (χ0n) is 10.2. The first kappa shape index (κ1) is 20.6. The van der Waals surface area contributed by atoms with E-state index < -0.39 is 18.0 Å². The molecule has 0 spiro atoms. The van der Waals surface area contributed by atoms with Crippen molar-refractivity contribution in [3.63, 3.8) is 0 Å². The molecular formula is C10H22ClNO4. The van der Waals surface area contributed by atoms with E-state index in [1.807, 2.05) is 20.8 Å². The van der Waals surface area contributed by atoms with Crippen molar-refractivity contribution in [3.05, 3.63) is 0 Å². The average molecular weight is 256 g/mol. The van der Waals surface area contributed by atoms with Gasteiger partial charge in [0.1, 0.15) is 6.04 Å². The van der Waals surface area contributed by atoms with Gasteiger partial charge in [0.05, 0.1) is 6.42 Å². The van der Waals surface area contributed by atoms with E-state index in [-0.39, 0.29) is 24.2 Å². The van der Waals surface area contributed by atoms with Gasteiger partial charge >= 0.3 is 11.9 Å². The molecule has 0 bridgehead atoms. The van der Waals surface area contributed by atoms with Gasteiger partial charge in [0.25, 0.3) is 0 Å². The first-order valence-corrected chi connectivity index (χ1v) is 4.82. The van der Waals surface area contributed by atoms with Gasteiger partial charge in [-0.1, -0.05) is 27.2 Å². The lowest BCUT2D eigenvalue weighted by atomic mass is 9.87. The summed E-state index contributed by atoms with van der Waals surface area (Å²) in [6, 6.07) is -0.731. The highest BCUT2D eigenvalue weighted by molar-refractivity contribution is 5.85. The molecule has 0 heterocycles. The van der Waals surface area contributed by atoms with Crippen LogP contribution in [-0.4, -0.2) is 28.2 Å². The number of halogens is 1. The van der Waals surface area contributed by atoms with Crippen molar-refractivity contribution >= 4 is 24.3 Å². The van der Waals surface area contributed by atoms with Crippen molar-refractivity contribution in [1.29, 1.82) is 0 Å². The van der Waals surface area contributed by atoms with Crippen LogP contribution in [0.1, 0.15) is 40.5 Å². The molecule has 0 aromatic rings. The molecule has 0 rings (SSSR count). The Hall–Kier alpha value is -0.810. The number of aliphatic carboxylic acids is 2. The first-order valence-electron chi connectivity index (χ1n) is 4.82. The summed E-state index contributed by atoms with van der Waals surface area (Å²) >= 11 is 0. The summed E-state index contributed by atoms with van der Waals surface area (Å²) in [6.07, 6.45) is 1.18. The summed E-state index contributed by atoms with van der Waals surface area (Å²) in [6.45, 7) is 7.34. The Balaban J connectivity index is -0.000000214.